The van der Waals surface area contributed by atoms with Crippen molar-refractivity contribution in [2.75, 3.05) is 31.6 Å². The largest absolute Gasteiger partial charge is 0.480 e. The number of aryl methyl sites for hydroxylation is 1. The van der Waals surface area contributed by atoms with Gasteiger partial charge in [0.2, 0.25) is 10.0 Å². The number of nitrogens with zero attached hydrogens (tertiary/aromatic N) is 1. The molecule has 0 fully saturated rings. The Hall–Kier alpha value is -3.18. The summed E-state index contributed by atoms with van der Waals surface area (Å²) in [6, 6.07) is 21.5. The van der Waals surface area contributed by atoms with E-state index in [4.69, 9.17) is 0 Å². The lowest BCUT2D eigenvalue weighted by Gasteiger charge is -2.23. The van der Waals surface area contributed by atoms with Crippen LogP contribution in [0.5, 0.6) is 0 Å². The highest BCUT2D eigenvalue weighted by molar-refractivity contribution is 7.89. The summed E-state index contributed by atoms with van der Waals surface area (Å²) in [6.45, 7) is 2.99. The Labute approximate surface area is 248 Å². The minimum Gasteiger partial charge on any atom is -0.480 e. The van der Waals surface area contributed by atoms with Crippen molar-refractivity contribution < 1.29 is 23.1 Å². The van der Waals surface area contributed by atoms with Crippen molar-refractivity contribution in [3.63, 3.8) is 0 Å². The Morgan fingerprint density at radius 2 is 1.68 bits per heavy atom. The van der Waals surface area contributed by atoms with Crippen LogP contribution in [0.2, 0.25) is 0 Å². The summed E-state index contributed by atoms with van der Waals surface area (Å²) in [5, 5.41) is 15.2. The average Bonchev–Trinajstić information content (AvgIpc) is 2.95. The number of aliphatic carboxylic acids is 1. The van der Waals surface area contributed by atoms with E-state index in [0.717, 1.165) is 22.3 Å². The number of hydrogen-bond donors (Lipinski definition) is 4. The molecule has 0 aliphatic rings. The van der Waals surface area contributed by atoms with Crippen molar-refractivity contribution in [3.05, 3.63) is 95.1 Å². The van der Waals surface area contributed by atoms with Crippen LogP contribution in [0.1, 0.15) is 39.9 Å². The molecule has 3 rings (SSSR count). The molecular weight excluding hydrogens is 558 g/mol. The van der Waals surface area contributed by atoms with Crippen molar-refractivity contribution in [2.45, 2.75) is 38.8 Å². The monoisotopic (exact) mass is 597 g/mol. The second-order valence-corrected chi connectivity index (χ2v) is 12.4. The molecule has 3 aromatic carbocycles. The topological polar surface area (TPSA) is 116 Å². The van der Waals surface area contributed by atoms with E-state index < -0.39 is 27.9 Å². The minimum absolute atomic E-state index is 0.0233. The van der Waals surface area contributed by atoms with Gasteiger partial charge in [-0.1, -0.05) is 60.7 Å². The Morgan fingerprint density at radius 1 is 0.976 bits per heavy atom. The molecule has 10 heteroatoms. The van der Waals surface area contributed by atoms with Crippen LogP contribution in [0.25, 0.3) is 11.1 Å². The highest BCUT2D eigenvalue weighted by atomic mass is 32.2. The molecule has 0 aromatic heterocycles. The molecule has 0 bridgehead atoms. The molecule has 0 spiro atoms. The van der Waals surface area contributed by atoms with Crippen LogP contribution in [0, 0.1) is 6.92 Å². The third kappa shape index (κ3) is 9.43. The normalized spacial score (nSPS) is 12.3. The number of carboxylic acid groups (broad SMARTS) is 1. The predicted octanol–water partition coefficient (Wildman–Crippen LogP) is 4.15. The summed E-state index contributed by atoms with van der Waals surface area (Å²) in [4.78, 5) is 25.0. The number of amides is 1. The molecule has 0 heterocycles. The smallest absolute Gasteiger partial charge is 0.326 e. The fraction of sp³-hybridized carbons (Fsp3) is 0.355. The summed E-state index contributed by atoms with van der Waals surface area (Å²) in [5.41, 5.74) is 4.46. The van der Waals surface area contributed by atoms with Gasteiger partial charge in [-0.05, 0) is 85.5 Å². The average molecular weight is 598 g/mol. The van der Waals surface area contributed by atoms with Gasteiger partial charge < -0.3 is 15.7 Å². The number of carbonyl (C=O) groups is 2. The molecule has 3 N–H and O–H groups in total. The maximum Gasteiger partial charge on any atom is 0.326 e. The number of hydrogen-bond acceptors (Lipinski definition) is 6. The van der Waals surface area contributed by atoms with Gasteiger partial charge in [-0.3, -0.25) is 4.79 Å². The lowest BCUT2D eigenvalue weighted by Crippen LogP contribution is -2.41. The van der Waals surface area contributed by atoms with E-state index in [-0.39, 0.29) is 18.7 Å². The van der Waals surface area contributed by atoms with E-state index in [1.807, 2.05) is 67.6 Å². The molecular formula is C31H39N3O5S2. The van der Waals surface area contributed by atoms with Gasteiger partial charge in [0.25, 0.3) is 5.91 Å². The van der Waals surface area contributed by atoms with Gasteiger partial charge >= 0.3 is 5.97 Å². The van der Waals surface area contributed by atoms with Crippen LogP contribution in [0.4, 0.5) is 0 Å². The molecule has 0 saturated carbocycles. The number of sulfonamides is 1. The maximum absolute atomic E-state index is 13.4. The SMILES string of the molecule is CNCCCS(=O)(=O)N(CCc1ccccc1)Cc1ccc(C(=O)NC(CCS)C(=O)O)c(-c2ccccc2C)c1. The first kappa shape index (κ1) is 32.3. The van der Waals surface area contributed by atoms with E-state index in [9.17, 15) is 23.1 Å². The zero-order valence-corrected chi connectivity index (χ0v) is 25.3. The van der Waals surface area contributed by atoms with Gasteiger partial charge in [-0.2, -0.15) is 16.9 Å². The third-order valence-electron chi connectivity index (χ3n) is 6.86. The van der Waals surface area contributed by atoms with Crippen molar-refractivity contribution in [3.8, 4) is 11.1 Å². The minimum atomic E-state index is -3.57. The van der Waals surface area contributed by atoms with E-state index in [1.165, 1.54) is 4.31 Å². The molecule has 220 valence electrons. The number of carbonyl (C=O) groups excluding carboxylic acids is 1. The van der Waals surface area contributed by atoms with Gasteiger partial charge in [0, 0.05) is 18.7 Å². The van der Waals surface area contributed by atoms with Crippen molar-refractivity contribution in [1.29, 1.82) is 0 Å². The number of nitrogens with one attached hydrogen (secondary N) is 2. The number of rotatable bonds is 16. The molecule has 0 aliphatic carbocycles. The lowest BCUT2D eigenvalue weighted by molar-refractivity contribution is -0.139. The molecule has 0 saturated heterocycles. The molecule has 1 unspecified atom stereocenters. The fourth-order valence-electron chi connectivity index (χ4n) is 4.59. The van der Waals surface area contributed by atoms with E-state index in [2.05, 4.69) is 23.3 Å². The second-order valence-electron chi connectivity index (χ2n) is 9.91. The standard InChI is InChI=1S/C31H39N3O5S2/c1-23-9-6-7-12-26(23)28-21-25(13-14-27(28)30(35)33-29(16-19-40)31(36)37)22-34(41(38,39)20-8-17-32-2)18-15-24-10-4-3-5-11-24/h3-7,9-14,21,29,32,40H,8,15-20,22H2,1-2H3,(H,33,35)(H,36,37). The molecule has 8 nitrogen and oxygen atoms in total. The Kier molecular flexibility index (Phi) is 12.4. The molecule has 3 aromatic rings. The predicted molar refractivity (Wildman–Crippen MR) is 167 cm³/mol. The maximum atomic E-state index is 13.4. The summed E-state index contributed by atoms with van der Waals surface area (Å²) < 4.78 is 28.4. The van der Waals surface area contributed by atoms with Gasteiger partial charge in [0.15, 0.2) is 0 Å². The highest BCUT2D eigenvalue weighted by Gasteiger charge is 2.25. The number of carboxylic acids is 1. The Morgan fingerprint density at radius 3 is 2.34 bits per heavy atom. The van der Waals surface area contributed by atoms with Gasteiger partial charge in [-0.25, -0.2) is 13.2 Å². The molecule has 1 atom stereocenters. The lowest BCUT2D eigenvalue weighted by atomic mass is 9.93. The van der Waals surface area contributed by atoms with E-state index in [0.29, 0.717) is 42.8 Å². The van der Waals surface area contributed by atoms with E-state index >= 15 is 0 Å². The first-order valence-electron chi connectivity index (χ1n) is 13.7. The molecule has 0 radical (unpaired) electrons. The second kappa shape index (κ2) is 15.7. The van der Waals surface area contributed by atoms with Crippen molar-refractivity contribution in [1.82, 2.24) is 14.9 Å². The number of benzene rings is 3. The summed E-state index contributed by atoms with van der Waals surface area (Å²) in [7, 11) is -1.77. The van der Waals surface area contributed by atoms with Crippen LogP contribution in [-0.4, -0.2) is 67.4 Å². The summed E-state index contributed by atoms with van der Waals surface area (Å²) in [5.74, 6) is -1.30. The summed E-state index contributed by atoms with van der Waals surface area (Å²) >= 11 is 4.12. The zero-order chi connectivity index (χ0) is 29.8. The summed E-state index contributed by atoms with van der Waals surface area (Å²) in [6.07, 6.45) is 1.24. The van der Waals surface area contributed by atoms with Crippen LogP contribution >= 0.6 is 12.6 Å². The highest BCUT2D eigenvalue weighted by Crippen LogP contribution is 2.29. The van der Waals surface area contributed by atoms with Crippen LogP contribution in [0.3, 0.4) is 0 Å². The molecule has 41 heavy (non-hydrogen) atoms. The third-order valence-corrected chi connectivity index (χ3v) is 9.02. The molecule has 1 amide bonds. The Balaban J connectivity index is 1.98. The first-order valence-corrected chi connectivity index (χ1v) is 15.9. The van der Waals surface area contributed by atoms with Crippen molar-refractivity contribution in [2.24, 2.45) is 0 Å². The van der Waals surface area contributed by atoms with E-state index in [1.54, 1.807) is 19.2 Å². The number of thiol groups is 1. The van der Waals surface area contributed by atoms with Gasteiger partial charge in [-0.15, -0.1) is 0 Å². The van der Waals surface area contributed by atoms with Gasteiger partial charge in [0.05, 0.1) is 5.75 Å². The molecule has 0 aliphatic heterocycles. The van der Waals surface area contributed by atoms with Crippen LogP contribution < -0.4 is 10.6 Å². The Bertz CT molecular complexity index is 1410. The van der Waals surface area contributed by atoms with Gasteiger partial charge in [0.1, 0.15) is 6.04 Å². The van der Waals surface area contributed by atoms with Crippen LogP contribution in [-0.2, 0) is 27.8 Å². The fourth-order valence-corrected chi connectivity index (χ4v) is 6.33. The quantitative estimate of drug-likeness (QED) is 0.146. The van der Waals surface area contributed by atoms with Crippen molar-refractivity contribution >= 4 is 34.5 Å². The zero-order valence-electron chi connectivity index (χ0n) is 23.5. The van der Waals surface area contributed by atoms with Crippen LogP contribution in [0.15, 0.2) is 72.8 Å². The first-order chi connectivity index (χ1) is 19.7.